The number of aliphatic imine (C=N–C) groups is 1. The number of carbonyl (C=O) groups excluding carboxylic acids is 1. The van der Waals surface area contributed by atoms with Crippen LogP contribution in [0.15, 0.2) is 41.4 Å². The van der Waals surface area contributed by atoms with Crippen molar-refractivity contribution in [2.75, 3.05) is 39.2 Å². The molecular weight excluding hydrogens is 402 g/mol. The van der Waals surface area contributed by atoms with Crippen LogP contribution < -0.4 is 14.8 Å². The zero-order valence-electron chi connectivity index (χ0n) is 19.3. The van der Waals surface area contributed by atoms with Crippen LogP contribution in [0.2, 0.25) is 0 Å². The average molecular weight is 436 g/mol. The van der Waals surface area contributed by atoms with E-state index in [9.17, 15) is 4.79 Å². The first kappa shape index (κ1) is 22.3. The highest BCUT2D eigenvalue weighted by Gasteiger charge is 2.35. The van der Waals surface area contributed by atoms with Gasteiger partial charge in [0.2, 0.25) is 5.91 Å². The number of benzene rings is 2. The summed E-state index contributed by atoms with van der Waals surface area (Å²) < 4.78 is 10.8. The van der Waals surface area contributed by atoms with Crippen LogP contribution in [0.3, 0.4) is 0 Å². The first-order valence-electron chi connectivity index (χ1n) is 11.6. The smallest absolute Gasteiger partial charge is 0.237 e. The third-order valence-electron chi connectivity index (χ3n) is 6.46. The van der Waals surface area contributed by atoms with Gasteiger partial charge in [-0.3, -0.25) is 9.79 Å². The van der Waals surface area contributed by atoms with Crippen LogP contribution in [0, 0.1) is 0 Å². The van der Waals surface area contributed by atoms with Gasteiger partial charge >= 0.3 is 0 Å². The van der Waals surface area contributed by atoms with Crippen molar-refractivity contribution in [3.63, 3.8) is 0 Å². The number of nitrogens with one attached hydrogen (secondary N) is 1. The summed E-state index contributed by atoms with van der Waals surface area (Å²) in [5, 5.41) is 2.97. The van der Waals surface area contributed by atoms with E-state index < -0.39 is 5.92 Å². The summed E-state index contributed by atoms with van der Waals surface area (Å²) in [6.45, 7) is 5.61. The number of nitrogens with zero attached hydrogens (tertiary/aromatic N) is 2. The third kappa shape index (κ3) is 4.80. The molecule has 32 heavy (non-hydrogen) atoms. The fraction of sp³-hybridized carbons (Fsp3) is 0.462. The quantitative estimate of drug-likeness (QED) is 0.596. The van der Waals surface area contributed by atoms with E-state index in [2.05, 4.69) is 34.5 Å². The van der Waals surface area contributed by atoms with Crippen LogP contribution >= 0.6 is 0 Å². The van der Waals surface area contributed by atoms with Crippen LogP contribution in [0.1, 0.15) is 49.7 Å². The van der Waals surface area contributed by atoms with Crippen molar-refractivity contribution in [1.29, 1.82) is 0 Å². The Morgan fingerprint density at radius 1 is 1.06 bits per heavy atom. The van der Waals surface area contributed by atoms with E-state index in [1.165, 1.54) is 37.9 Å². The van der Waals surface area contributed by atoms with Crippen molar-refractivity contribution >= 4 is 23.0 Å². The summed E-state index contributed by atoms with van der Waals surface area (Å²) in [4.78, 5) is 20.3. The minimum absolute atomic E-state index is 0.0611. The second-order valence-electron chi connectivity index (χ2n) is 8.49. The number of ether oxygens (including phenoxy) is 2. The monoisotopic (exact) mass is 435 g/mol. The van der Waals surface area contributed by atoms with E-state index in [1.54, 1.807) is 14.2 Å². The molecule has 0 saturated carbocycles. The fourth-order valence-electron chi connectivity index (χ4n) is 4.64. The Labute approximate surface area is 190 Å². The zero-order valence-corrected chi connectivity index (χ0v) is 19.3. The maximum atomic E-state index is 12.8. The summed E-state index contributed by atoms with van der Waals surface area (Å²) in [7, 11) is 3.19. The standard InChI is InChI=1S/C26H33N3O3/c1-4-21(25-20-16-23(31-2)24(32-3)17-22(20)28-26(25)30)27-19-10-8-18(9-11-19)12-15-29-13-6-5-7-14-29/h8-11,16-17,25H,4-7,12-15H2,1-3H3,(H,28,30). The van der Waals surface area contributed by atoms with E-state index in [1.807, 2.05) is 19.1 Å². The Hall–Kier alpha value is -2.86. The average Bonchev–Trinajstić information content (AvgIpc) is 3.16. The molecule has 1 N–H and O–H groups in total. The number of hydrogen-bond donors (Lipinski definition) is 1. The lowest BCUT2D eigenvalue weighted by atomic mass is 9.93. The van der Waals surface area contributed by atoms with Gasteiger partial charge in [-0.1, -0.05) is 25.5 Å². The van der Waals surface area contributed by atoms with Gasteiger partial charge in [0.15, 0.2) is 11.5 Å². The van der Waals surface area contributed by atoms with E-state index in [4.69, 9.17) is 14.5 Å². The van der Waals surface area contributed by atoms with Gasteiger partial charge in [-0.15, -0.1) is 0 Å². The molecule has 0 aromatic heterocycles. The number of carbonyl (C=O) groups is 1. The van der Waals surface area contributed by atoms with Crippen LogP contribution in [0.4, 0.5) is 11.4 Å². The molecule has 2 aromatic carbocycles. The number of anilines is 1. The van der Waals surface area contributed by atoms with Crippen molar-refractivity contribution in [2.45, 2.75) is 44.9 Å². The highest BCUT2D eigenvalue weighted by Crippen LogP contribution is 2.42. The van der Waals surface area contributed by atoms with Crippen LogP contribution in [-0.2, 0) is 11.2 Å². The molecule has 1 unspecified atom stereocenters. The van der Waals surface area contributed by atoms with E-state index in [-0.39, 0.29) is 5.91 Å². The molecule has 4 rings (SSSR count). The molecule has 6 heteroatoms. The lowest BCUT2D eigenvalue weighted by Gasteiger charge is -2.26. The Bertz CT molecular complexity index is 979. The normalized spacial score (nSPS) is 18.9. The van der Waals surface area contributed by atoms with Crippen molar-refractivity contribution in [2.24, 2.45) is 4.99 Å². The fourth-order valence-corrected chi connectivity index (χ4v) is 4.64. The number of fused-ring (bicyclic) bond motifs is 1. The Morgan fingerprint density at radius 2 is 1.75 bits per heavy atom. The molecule has 2 aliphatic heterocycles. The molecule has 0 spiro atoms. The highest BCUT2D eigenvalue weighted by molar-refractivity contribution is 6.19. The van der Waals surface area contributed by atoms with Gasteiger partial charge in [0.1, 0.15) is 5.92 Å². The summed E-state index contributed by atoms with van der Waals surface area (Å²) in [6, 6.07) is 12.1. The van der Waals surface area contributed by atoms with Gasteiger partial charge in [0.25, 0.3) is 0 Å². The summed E-state index contributed by atoms with van der Waals surface area (Å²) in [5.74, 6) is 0.728. The van der Waals surface area contributed by atoms with Crippen LogP contribution in [0.25, 0.3) is 0 Å². The van der Waals surface area contributed by atoms with E-state index in [0.29, 0.717) is 17.9 Å². The van der Waals surface area contributed by atoms with Crippen LogP contribution in [-0.4, -0.2) is 50.4 Å². The number of likely N-dealkylation sites (tertiary alicyclic amines) is 1. The molecule has 170 valence electrons. The van der Waals surface area contributed by atoms with Crippen molar-refractivity contribution in [3.8, 4) is 11.5 Å². The maximum Gasteiger partial charge on any atom is 0.237 e. The maximum absolute atomic E-state index is 12.8. The van der Waals surface area contributed by atoms with Gasteiger partial charge in [-0.25, -0.2) is 0 Å². The summed E-state index contributed by atoms with van der Waals surface area (Å²) in [5.41, 5.74) is 4.69. The molecule has 1 fully saturated rings. The molecule has 1 saturated heterocycles. The topological polar surface area (TPSA) is 63.2 Å². The molecule has 2 aliphatic rings. The second kappa shape index (κ2) is 10.2. The van der Waals surface area contributed by atoms with Gasteiger partial charge in [-0.2, -0.15) is 0 Å². The van der Waals surface area contributed by atoms with E-state index >= 15 is 0 Å². The minimum Gasteiger partial charge on any atom is -0.493 e. The van der Waals surface area contributed by atoms with Gasteiger partial charge in [0.05, 0.1) is 19.9 Å². The van der Waals surface area contributed by atoms with Gasteiger partial charge in [-0.05, 0) is 68.1 Å². The first-order valence-corrected chi connectivity index (χ1v) is 11.6. The Morgan fingerprint density at radius 3 is 2.41 bits per heavy atom. The highest BCUT2D eigenvalue weighted by atomic mass is 16.5. The lowest BCUT2D eigenvalue weighted by molar-refractivity contribution is -0.115. The molecule has 6 nitrogen and oxygen atoms in total. The molecule has 2 aromatic rings. The molecule has 2 heterocycles. The molecule has 0 bridgehead atoms. The second-order valence-corrected chi connectivity index (χ2v) is 8.49. The van der Waals surface area contributed by atoms with Gasteiger partial charge < -0.3 is 19.7 Å². The predicted molar refractivity (Wildman–Crippen MR) is 129 cm³/mol. The van der Waals surface area contributed by atoms with Gasteiger partial charge in [0, 0.05) is 24.0 Å². The number of methoxy groups -OCH3 is 2. The third-order valence-corrected chi connectivity index (χ3v) is 6.46. The Balaban J connectivity index is 1.51. The summed E-state index contributed by atoms with van der Waals surface area (Å²) >= 11 is 0. The number of amides is 1. The largest absolute Gasteiger partial charge is 0.493 e. The van der Waals surface area contributed by atoms with Crippen LogP contribution in [0.5, 0.6) is 11.5 Å². The minimum atomic E-state index is -0.423. The number of hydrogen-bond acceptors (Lipinski definition) is 5. The lowest BCUT2D eigenvalue weighted by Crippen LogP contribution is -2.31. The summed E-state index contributed by atoms with van der Waals surface area (Å²) in [6.07, 6.45) is 5.76. The zero-order chi connectivity index (χ0) is 22.5. The van der Waals surface area contributed by atoms with Crippen molar-refractivity contribution in [3.05, 3.63) is 47.5 Å². The molecular formula is C26H33N3O3. The molecule has 1 amide bonds. The van der Waals surface area contributed by atoms with E-state index in [0.717, 1.165) is 35.6 Å². The molecule has 0 radical (unpaired) electrons. The van der Waals surface area contributed by atoms with Crippen molar-refractivity contribution < 1.29 is 14.3 Å². The first-order chi connectivity index (χ1) is 15.6. The molecule has 1 atom stereocenters. The number of rotatable bonds is 8. The SMILES string of the molecule is CCC(=Nc1ccc(CCN2CCCCC2)cc1)C1C(=O)Nc2cc(OC)c(OC)cc21. The van der Waals surface area contributed by atoms with Crippen molar-refractivity contribution in [1.82, 2.24) is 4.90 Å². The predicted octanol–water partition coefficient (Wildman–Crippen LogP) is 4.95. The Kier molecular flexibility index (Phi) is 7.10. The molecule has 0 aliphatic carbocycles. The number of piperidine rings is 1.